The van der Waals surface area contributed by atoms with E-state index in [1.807, 2.05) is 39.0 Å². The molecule has 1 amide bonds. The molecule has 0 aliphatic carbocycles. The van der Waals surface area contributed by atoms with Crippen LogP contribution in [0.25, 0.3) is 0 Å². The van der Waals surface area contributed by atoms with Crippen molar-refractivity contribution in [3.05, 3.63) is 34.9 Å². The van der Waals surface area contributed by atoms with Gasteiger partial charge >= 0.3 is 5.97 Å². The zero-order chi connectivity index (χ0) is 15.6. The van der Waals surface area contributed by atoms with Crippen molar-refractivity contribution < 1.29 is 14.7 Å². The van der Waals surface area contributed by atoms with Crippen molar-refractivity contribution in [2.45, 2.75) is 46.1 Å². The molecule has 1 saturated heterocycles. The van der Waals surface area contributed by atoms with Gasteiger partial charge in [-0.3, -0.25) is 9.59 Å². The predicted octanol–water partition coefficient (Wildman–Crippen LogP) is 3.08. The van der Waals surface area contributed by atoms with E-state index in [4.69, 9.17) is 0 Å². The molecule has 1 N–H and O–H groups in total. The lowest BCUT2D eigenvalue weighted by Gasteiger charge is -2.35. The molecule has 2 unspecified atom stereocenters. The quantitative estimate of drug-likeness (QED) is 0.930. The number of carboxylic acids is 1. The molecule has 1 aromatic rings. The van der Waals surface area contributed by atoms with Crippen molar-refractivity contribution >= 4 is 11.9 Å². The van der Waals surface area contributed by atoms with Gasteiger partial charge in [-0.05, 0) is 50.3 Å². The standard InChI is InChI=1S/C17H23NO3/c1-4-18-14(19)10-6-9-13(17(20)21)16(18)15-11(2)7-5-8-12(15)3/h5,7-8,13,16H,4,6,9-10H2,1-3H3,(H,20,21). The van der Waals surface area contributed by atoms with Gasteiger partial charge in [-0.1, -0.05) is 18.2 Å². The van der Waals surface area contributed by atoms with Gasteiger partial charge < -0.3 is 10.0 Å². The second-order valence-electron chi connectivity index (χ2n) is 5.77. The number of carboxylic acid groups (broad SMARTS) is 1. The van der Waals surface area contributed by atoms with Crippen molar-refractivity contribution in [2.24, 2.45) is 5.92 Å². The molecule has 1 aliphatic rings. The molecular weight excluding hydrogens is 266 g/mol. The van der Waals surface area contributed by atoms with Gasteiger partial charge in [-0.15, -0.1) is 0 Å². The maximum Gasteiger partial charge on any atom is 0.308 e. The molecule has 0 bridgehead atoms. The molecule has 114 valence electrons. The highest BCUT2D eigenvalue weighted by Crippen LogP contribution is 2.38. The second kappa shape index (κ2) is 6.29. The molecule has 2 rings (SSSR count). The first-order valence-electron chi connectivity index (χ1n) is 7.55. The van der Waals surface area contributed by atoms with Crippen LogP contribution in [0.15, 0.2) is 18.2 Å². The Labute approximate surface area is 125 Å². The summed E-state index contributed by atoms with van der Waals surface area (Å²) < 4.78 is 0. The van der Waals surface area contributed by atoms with Gasteiger partial charge in [0.05, 0.1) is 12.0 Å². The van der Waals surface area contributed by atoms with Gasteiger partial charge in [-0.2, -0.15) is 0 Å². The van der Waals surface area contributed by atoms with E-state index in [9.17, 15) is 14.7 Å². The van der Waals surface area contributed by atoms with E-state index in [-0.39, 0.29) is 11.9 Å². The van der Waals surface area contributed by atoms with E-state index in [0.29, 0.717) is 25.8 Å². The van der Waals surface area contributed by atoms with Crippen molar-refractivity contribution in [2.75, 3.05) is 6.54 Å². The minimum Gasteiger partial charge on any atom is -0.481 e. The molecule has 2 atom stereocenters. The predicted molar refractivity (Wildman–Crippen MR) is 81.0 cm³/mol. The molecule has 1 fully saturated rings. The first-order valence-corrected chi connectivity index (χ1v) is 7.55. The SMILES string of the molecule is CCN1C(=O)CCCC(C(=O)O)C1c1c(C)cccc1C. The topological polar surface area (TPSA) is 57.6 Å². The Bertz CT molecular complexity index is 531. The number of rotatable bonds is 3. The average molecular weight is 289 g/mol. The molecular formula is C17H23NO3. The molecule has 0 radical (unpaired) electrons. The third kappa shape index (κ3) is 2.94. The average Bonchev–Trinajstić information content (AvgIpc) is 2.58. The van der Waals surface area contributed by atoms with Crippen molar-refractivity contribution in [1.29, 1.82) is 0 Å². The molecule has 1 heterocycles. The molecule has 4 nitrogen and oxygen atoms in total. The number of hydrogen-bond donors (Lipinski definition) is 1. The summed E-state index contributed by atoms with van der Waals surface area (Å²) in [7, 11) is 0. The summed E-state index contributed by atoms with van der Waals surface area (Å²) in [5.41, 5.74) is 3.11. The van der Waals surface area contributed by atoms with Gasteiger partial charge in [0.15, 0.2) is 0 Å². The van der Waals surface area contributed by atoms with Crippen molar-refractivity contribution in [3.8, 4) is 0 Å². The van der Waals surface area contributed by atoms with E-state index in [1.54, 1.807) is 4.90 Å². The minimum atomic E-state index is -0.809. The van der Waals surface area contributed by atoms with Crippen LogP contribution in [0.3, 0.4) is 0 Å². The van der Waals surface area contributed by atoms with Crippen LogP contribution in [0.5, 0.6) is 0 Å². The van der Waals surface area contributed by atoms with Crippen molar-refractivity contribution in [1.82, 2.24) is 4.90 Å². The van der Waals surface area contributed by atoms with Gasteiger partial charge in [-0.25, -0.2) is 0 Å². The Morgan fingerprint density at radius 1 is 1.33 bits per heavy atom. The van der Waals surface area contributed by atoms with E-state index in [1.165, 1.54) is 0 Å². The van der Waals surface area contributed by atoms with Gasteiger partial charge in [0, 0.05) is 13.0 Å². The van der Waals surface area contributed by atoms with Gasteiger partial charge in [0.25, 0.3) is 0 Å². The fourth-order valence-electron chi connectivity index (χ4n) is 3.43. The maximum absolute atomic E-state index is 12.4. The molecule has 0 saturated carbocycles. The van der Waals surface area contributed by atoms with Gasteiger partial charge in [0.1, 0.15) is 0 Å². The number of benzene rings is 1. The van der Waals surface area contributed by atoms with Gasteiger partial charge in [0.2, 0.25) is 5.91 Å². The fraction of sp³-hybridized carbons (Fsp3) is 0.529. The van der Waals surface area contributed by atoms with E-state index in [2.05, 4.69) is 0 Å². The Morgan fingerprint density at radius 2 is 1.95 bits per heavy atom. The summed E-state index contributed by atoms with van der Waals surface area (Å²) in [4.78, 5) is 25.8. The van der Waals surface area contributed by atoms with Crippen LogP contribution in [0.2, 0.25) is 0 Å². The first kappa shape index (κ1) is 15.5. The number of carbonyl (C=O) groups excluding carboxylic acids is 1. The second-order valence-corrected chi connectivity index (χ2v) is 5.77. The van der Waals surface area contributed by atoms with Crippen LogP contribution in [0.4, 0.5) is 0 Å². The number of amides is 1. The highest BCUT2D eigenvalue weighted by molar-refractivity contribution is 5.80. The fourth-order valence-corrected chi connectivity index (χ4v) is 3.43. The lowest BCUT2D eigenvalue weighted by Crippen LogP contribution is -2.39. The maximum atomic E-state index is 12.4. The summed E-state index contributed by atoms with van der Waals surface area (Å²) in [6.45, 7) is 6.44. The number of aliphatic carboxylic acids is 1. The minimum absolute atomic E-state index is 0.0638. The third-order valence-electron chi connectivity index (χ3n) is 4.44. The smallest absolute Gasteiger partial charge is 0.308 e. The summed E-state index contributed by atoms with van der Waals surface area (Å²) >= 11 is 0. The van der Waals surface area contributed by atoms with Crippen LogP contribution < -0.4 is 0 Å². The van der Waals surface area contributed by atoms with Crippen LogP contribution in [-0.4, -0.2) is 28.4 Å². The summed E-state index contributed by atoms with van der Waals surface area (Å²) in [6, 6.07) is 5.59. The Balaban J connectivity index is 2.59. The highest BCUT2D eigenvalue weighted by Gasteiger charge is 2.39. The zero-order valence-electron chi connectivity index (χ0n) is 12.9. The summed E-state index contributed by atoms with van der Waals surface area (Å²) in [5.74, 6) is -1.28. The molecule has 4 heteroatoms. The van der Waals surface area contributed by atoms with Crippen LogP contribution in [-0.2, 0) is 9.59 Å². The molecule has 1 aliphatic heterocycles. The number of hydrogen-bond acceptors (Lipinski definition) is 2. The third-order valence-corrected chi connectivity index (χ3v) is 4.44. The molecule has 0 spiro atoms. The van der Waals surface area contributed by atoms with E-state index in [0.717, 1.165) is 16.7 Å². The number of nitrogens with zero attached hydrogens (tertiary/aromatic N) is 1. The number of likely N-dealkylation sites (tertiary alicyclic amines) is 1. The lowest BCUT2D eigenvalue weighted by molar-refractivity contribution is -0.146. The van der Waals surface area contributed by atoms with Crippen LogP contribution in [0.1, 0.15) is 48.9 Å². The zero-order valence-corrected chi connectivity index (χ0v) is 12.9. The molecule has 0 aromatic heterocycles. The van der Waals surface area contributed by atoms with E-state index < -0.39 is 11.9 Å². The Kier molecular flexibility index (Phi) is 4.66. The van der Waals surface area contributed by atoms with E-state index >= 15 is 0 Å². The largest absolute Gasteiger partial charge is 0.481 e. The van der Waals surface area contributed by atoms with Crippen LogP contribution in [0, 0.1) is 19.8 Å². The Hall–Kier alpha value is -1.84. The van der Waals surface area contributed by atoms with Crippen LogP contribution >= 0.6 is 0 Å². The monoisotopic (exact) mass is 289 g/mol. The summed E-state index contributed by atoms with van der Waals surface area (Å²) in [5, 5.41) is 9.64. The molecule has 21 heavy (non-hydrogen) atoms. The Morgan fingerprint density at radius 3 is 2.48 bits per heavy atom. The highest BCUT2D eigenvalue weighted by atomic mass is 16.4. The number of aryl methyl sites for hydroxylation is 2. The lowest BCUT2D eigenvalue weighted by atomic mass is 9.85. The molecule has 1 aromatic carbocycles. The first-order chi connectivity index (χ1) is 9.97. The number of carbonyl (C=O) groups is 2. The summed E-state index contributed by atoms with van der Waals surface area (Å²) in [6.07, 6.45) is 1.64. The van der Waals surface area contributed by atoms with Crippen molar-refractivity contribution in [3.63, 3.8) is 0 Å². The normalized spacial score (nSPS) is 23.0.